The number of hydrogen-bond acceptors (Lipinski definition) is 5. The van der Waals surface area contributed by atoms with Crippen molar-refractivity contribution in [2.24, 2.45) is 0 Å². The fourth-order valence-electron chi connectivity index (χ4n) is 5.64. The molecular formula is C31H36FN3O4S. The van der Waals surface area contributed by atoms with E-state index < -0.39 is 15.6 Å². The third-order valence-electron chi connectivity index (χ3n) is 7.82. The van der Waals surface area contributed by atoms with E-state index in [1.54, 1.807) is 35.5 Å². The first-order chi connectivity index (χ1) is 19.1. The van der Waals surface area contributed by atoms with E-state index in [4.69, 9.17) is 4.74 Å². The number of carbonyl (C=O) groups is 1. The van der Waals surface area contributed by atoms with Crippen LogP contribution in [0.3, 0.4) is 0 Å². The first-order valence-electron chi connectivity index (χ1n) is 13.7. The summed E-state index contributed by atoms with van der Waals surface area (Å²) in [6.07, 6.45) is 2.02. The number of morpholine rings is 1. The highest BCUT2D eigenvalue weighted by atomic mass is 32.2. The van der Waals surface area contributed by atoms with Crippen LogP contribution in [0.15, 0.2) is 77.7 Å². The topological polar surface area (TPSA) is 79.0 Å². The third kappa shape index (κ3) is 6.44. The first-order valence-corrected chi connectivity index (χ1v) is 15.1. The summed E-state index contributed by atoms with van der Waals surface area (Å²) in [7, 11) is -3.79. The van der Waals surface area contributed by atoms with Gasteiger partial charge in [0.2, 0.25) is 15.9 Å². The Labute approximate surface area is 236 Å². The normalized spacial score (nSPS) is 22.3. The summed E-state index contributed by atoms with van der Waals surface area (Å²) in [6, 6.07) is 21.1. The van der Waals surface area contributed by atoms with Crippen LogP contribution < -0.4 is 5.32 Å². The van der Waals surface area contributed by atoms with Crippen LogP contribution in [0.25, 0.3) is 0 Å². The van der Waals surface area contributed by atoms with Gasteiger partial charge in [-0.1, -0.05) is 54.1 Å². The molecule has 2 aliphatic heterocycles. The first kappa shape index (κ1) is 28.4. The van der Waals surface area contributed by atoms with Gasteiger partial charge < -0.3 is 10.1 Å². The zero-order valence-electron chi connectivity index (χ0n) is 23.0. The lowest BCUT2D eigenvalue weighted by atomic mass is 9.90. The Bertz CT molecular complexity index is 1450. The molecule has 0 unspecified atom stereocenters. The average molecular weight is 566 g/mol. The van der Waals surface area contributed by atoms with Crippen LogP contribution >= 0.6 is 0 Å². The summed E-state index contributed by atoms with van der Waals surface area (Å²) in [5.74, 6) is -0.618. The molecule has 2 atom stereocenters. The predicted molar refractivity (Wildman–Crippen MR) is 153 cm³/mol. The maximum Gasteiger partial charge on any atom is 0.243 e. The number of piperidine rings is 1. The van der Waals surface area contributed by atoms with Gasteiger partial charge in [-0.3, -0.25) is 9.69 Å². The molecule has 212 valence electrons. The van der Waals surface area contributed by atoms with Crippen molar-refractivity contribution in [1.82, 2.24) is 9.21 Å². The van der Waals surface area contributed by atoms with Gasteiger partial charge in [-0.25, -0.2) is 12.8 Å². The zero-order valence-corrected chi connectivity index (χ0v) is 23.8. The molecule has 2 aliphatic rings. The van der Waals surface area contributed by atoms with Crippen LogP contribution in [0.1, 0.15) is 29.5 Å². The molecule has 0 saturated carbocycles. The van der Waals surface area contributed by atoms with E-state index in [1.807, 2.05) is 54.3 Å². The number of hydrogen-bond donors (Lipinski definition) is 1. The summed E-state index contributed by atoms with van der Waals surface area (Å²) in [5, 5.41) is 2.77. The number of halogens is 1. The Morgan fingerprint density at radius 3 is 2.52 bits per heavy atom. The number of aryl methyl sites for hydroxylation is 2. The Kier molecular flexibility index (Phi) is 8.37. The minimum absolute atomic E-state index is 0.110. The Morgan fingerprint density at radius 1 is 1.05 bits per heavy atom. The van der Waals surface area contributed by atoms with Crippen LogP contribution in [0.5, 0.6) is 0 Å². The molecule has 0 aliphatic carbocycles. The lowest BCUT2D eigenvalue weighted by Gasteiger charge is -2.50. The Hall–Kier alpha value is -3.11. The lowest BCUT2D eigenvalue weighted by Crippen LogP contribution is -2.64. The van der Waals surface area contributed by atoms with E-state index in [-0.39, 0.29) is 42.4 Å². The summed E-state index contributed by atoms with van der Waals surface area (Å²) < 4.78 is 50.1. The van der Waals surface area contributed by atoms with Crippen molar-refractivity contribution in [1.29, 1.82) is 0 Å². The molecule has 0 aromatic heterocycles. The van der Waals surface area contributed by atoms with E-state index >= 15 is 0 Å². The lowest BCUT2D eigenvalue weighted by molar-refractivity contribution is -0.144. The highest BCUT2D eigenvalue weighted by molar-refractivity contribution is 7.89. The van der Waals surface area contributed by atoms with Crippen molar-refractivity contribution in [2.45, 2.75) is 49.6 Å². The molecule has 9 heteroatoms. The van der Waals surface area contributed by atoms with E-state index in [0.29, 0.717) is 37.2 Å². The molecule has 2 fully saturated rings. The molecule has 2 heterocycles. The molecule has 0 radical (unpaired) electrons. The van der Waals surface area contributed by atoms with Crippen molar-refractivity contribution in [3.05, 3.63) is 95.3 Å². The minimum Gasteiger partial charge on any atom is -0.371 e. The highest BCUT2D eigenvalue weighted by Gasteiger charge is 2.47. The second kappa shape index (κ2) is 11.8. The number of anilines is 1. The standard InChI is InChI=1S/C31H36FN3O4S/c1-23-9-13-28(14-10-23)40(37,38)35-22-31(39-20-27(35)17-25-7-4-3-5-8-25)15-6-16-34(21-31)19-30(36)33-26-12-11-24(2)29(32)18-26/h3-5,7-14,18,27H,6,15-17,19-22H2,1-2H3,(H,33,36)/t27-,31-/m0/s1. The summed E-state index contributed by atoms with van der Waals surface area (Å²) >= 11 is 0. The van der Waals surface area contributed by atoms with Crippen molar-refractivity contribution < 1.29 is 22.3 Å². The van der Waals surface area contributed by atoms with Gasteiger partial charge in [-0.2, -0.15) is 4.31 Å². The van der Waals surface area contributed by atoms with Crippen LogP contribution in [-0.4, -0.2) is 68.0 Å². The molecule has 5 rings (SSSR count). The number of nitrogens with one attached hydrogen (secondary N) is 1. The molecular weight excluding hydrogens is 529 g/mol. The van der Waals surface area contributed by atoms with Crippen LogP contribution in [-0.2, 0) is 26.0 Å². The van der Waals surface area contributed by atoms with Gasteiger partial charge in [0.05, 0.1) is 29.7 Å². The van der Waals surface area contributed by atoms with Crippen molar-refractivity contribution in [2.75, 3.05) is 38.1 Å². The summed E-state index contributed by atoms with van der Waals surface area (Å²) in [5.41, 5.74) is 2.24. The second-order valence-corrected chi connectivity index (χ2v) is 12.9. The maximum atomic E-state index is 14.0. The van der Waals surface area contributed by atoms with Crippen LogP contribution in [0.4, 0.5) is 10.1 Å². The molecule has 40 heavy (non-hydrogen) atoms. The van der Waals surface area contributed by atoms with Gasteiger partial charge in [0, 0.05) is 18.8 Å². The second-order valence-electron chi connectivity index (χ2n) is 11.0. The number of ether oxygens (including phenoxy) is 1. The van der Waals surface area contributed by atoms with Gasteiger partial charge in [0.25, 0.3) is 0 Å². The van der Waals surface area contributed by atoms with Crippen LogP contribution in [0.2, 0.25) is 0 Å². The van der Waals surface area contributed by atoms with Crippen LogP contribution in [0, 0.1) is 19.7 Å². The monoisotopic (exact) mass is 565 g/mol. The number of carbonyl (C=O) groups excluding carboxylic acids is 1. The van der Waals surface area contributed by atoms with Gasteiger partial charge in [0.1, 0.15) is 5.82 Å². The van der Waals surface area contributed by atoms with Crippen molar-refractivity contribution >= 4 is 21.6 Å². The zero-order chi connectivity index (χ0) is 28.3. The van der Waals surface area contributed by atoms with E-state index in [9.17, 15) is 17.6 Å². The number of sulfonamides is 1. The fraction of sp³-hybridized carbons (Fsp3) is 0.387. The van der Waals surface area contributed by atoms with Gasteiger partial charge in [-0.05, 0) is 75.0 Å². The number of amides is 1. The Morgan fingerprint density at radius 2 is 1.80 bits per heavy atom. The van der Waals surface area contributed by atoms with Crippen molar-refractivity contribution in [3.63, 3.8) is 0 Å². The largest absolute Gasteiger partial charge is 0.371 e. The number of nitrogens with zero attached hydrogens (tertiary/aromatic N) is 2. The summed E-state index contributed by atoms with van der Waals surface area (Å²) in [6.45, 7) is 5.31. The SMILES string of the molecule is Cc1ccc(S(=O)(=O)N2C[C@@]3(CCCN(CC(=O)Nc4ccc(C)c(F)c4)C3)OC[C@@H]2Cc2ccccc2)cc1. The number of benzene rings is 3. The molecule has 2 saturated heterocycles. The van der Waals surface area contributed by atoms with Gasteiger partial charge in [0.15, 0.2) is 0 Å². The van der Waals surface area contributed by atoms with Gasteiger partial charge >= 0.3 is 0 Å². The molecule has 1 amide bonds. The average Bonchev–Trinajstić information content (AvgIpc) is 2.93. The van der Waals surface area contributed by atoms with E-state index in [1.165, 1.54) is 6.07 Å². The smallest absolute Gasteiger partial charge is 0.243 e. The number of likely N-dealkylation sites (tertiary alicyclic amines) is 1. The maximum absolute atomic E-state index is 14.0. The minimum atomic E-state index is -3.79. The Balaban J connectivity index is 1.34. The fourth-order valence-corrected chi connectivity index (χ4v) is 7.32. The molecule has 3 aromatic rings. The number of rotatable bonds is 7. The molecule has 1 spiro atoms. The molecule has 0 bridgehead atoms. The highest BCUT2D eigenvalue weighted by Crippen LogP contribution is 2.35. The van der Waals surface area contributed by atoms with E-state index in [2.05, 4.69) is 5.32 Å². The molecule has 1 N–H and O–H groups in total. The van der Waals surface area contributed by atoms with E-state index in [0.717, 1.165) is 17.5 Å². The molecule has 3 aromatic carbocycles. The predicted octanol–water partition coefficient (Wildman–Crippen LogP) is 4.55. The third-order valence-corrected chi connectivity index (χ3v) is 9.73. The summed E-state index contributed by atoms with van der Waals surface area (Å²) in [4.78, 5) is 15.1. The van der Waals surface area contributed by atoms with Gasteiger partial charge in [-0.15, -0.1) is 0 Å². The molecule has 7 nitrogen and oxygen atoms in total. The van der Waals surface area contributed by atoms with Crippen molar-refractivity contribution in [3.8, 4) is 0 Å². The quantitative estimate of drug-likeness (QED) is 0.455.